The first-order valence-electron chi connectivity index (χ1n) is 8.17. The van der Waals surface area contributed by atoms with E-state index >= 15 is 0 Å². The van der Waals surface area contributed by atoms with Gasteiger partial charge in [-0.15, -0.1) is 0 Å². The zero-order chi connectivity index (χ0) is 18.4. The molecule has 0 atom stereocenters. The lowest BCUT2D eigenvalue weighted by atomic mass is 10.1. The average molecular weight is 343 g/mol. The number of nitriles is 2. The number of nitrogens with two attached hydrogens (primary N) is 1. The maximum atomic E-state index is 9.41. The molecule has 2 aromatic heterocycles. The molecule has 0 aliphatic heterocycles. The van der Waals surface area contributed by atoms with E-state index in [0.29, 0.717) is 41.6 Å². The van der Waals surface area contributed by atoms with Crippen molar-refractivity contribution in [1.29, 1.82) is 10.5 Å². The van der Waals surface area contributed by atoms with Crippen molar-refractivity contribution >= 4 is 11.6 Å². The third kappa shape index (κ3) is 3.63. The number of para-hydroxylation sites is 1. The molecular formula is C19H17N7. The van der Waals surface area contributed by atoms with Gasteiger partial charge in [-0.3, -0.25) is 0 Å². The van der Waals surface area contributed by atoms with E-state index in [1.807, 2.05) is 42.5 Å². The van der Waals surface area contributed by atoms with Crippen LogP contribution in [0.15, 0.2) is 48.5 Å². The van der Waals surface area contributed by atoms with Gasteiger partial charge in [0.2, 0.25) is 0 Å². The van der Waals surface area contributed by atoms with Crippen LogP contribution in [0.3, 0.4) is 0 Å². The topological polar surface area (TPSA) is 116 Å². The molecule has 7 heteroatoms. The van der Waals surface area contributed by atoms with Crippen LogP contribution in [0.2, 0.25) is 0 Å². The summed E-state index contributed by atoms with van der Waals surface area (Å²) in [7, 11) is 0. The molecule has 0 amide bonds. The number of benzene rings is 1. The van der Waals surface area contributed by atoms with Crippen molar-refractivity contribution in [2.24, 2.45) is 0 Å². The standard InChI is InChI=1S/C19H17N7/c20-12-14-6-4-10-18(24-14)23-11-5-9-17-16(13-21)19(22)26(25-17)15-7-2-1-3-8-15/h1-4,6-8,10H,5,9,11,22H2,(H,23,24). The first-order chi connectivity index (χ1) is 12.7. The van der Waals surface area contributed by atoms with Gasteiger partial charge in [-0.25, -0.2) is 9.67 Å². The predicted octanol–water partition coefficient (Wildman–Crippen LogP) is 2.64. The molecule has 2 heterocycles. The van der Waals surface area contributed by atoms with Gasteiger partial charge in [0.1, 0.15) is 35.0 Å². The lowest BCUT2D eigenvalue weighted by molar-refractivity contribution is 0.789. The van der Waals surface area contributed by atoms with Crippen molar-refractivity contribution in [3.05, 3.63) is 65.5 Å². The number of nitrogens with one attached hydrogen (secondary N) is 1. The third-order valence-corrected chi connectivity index (χ3v) is 3.87. The predicted molar refractivity (Wildman–Crippen MR) is 98.5 cm³/mol. The van der Waals surface area contributed by atoms with Gasteiger partial charge in [-0.2, -0.15) is 15.6 Å². The van der Waals surface area contributed by atoms with Crippen LogP contribution in [0.1, 0.15) is 23.4 Å². The minimum atomic E-state index is 0.352. The largest absolute Gasteiger partial charge is 0.382 e. The fraction of sp³-hybridized carbons (Fsp3) is 0.158. The number of nitrogen functional groups attached to an aromatic ring is 1. The Morgan fingerprint density at radius 2 is 1.85 bits per heavy atom. The van der Waals surface area contributed by atoms with Gasteiger partial charge in [0.05, 0.1) is 11.4 Å². The van der Waals surface area contributed by atoms with Gasteiger partial charge in [-0.05, 0) is 37.1 Å². The SMILES string of the molecule is N#Cc1cccc(NCCCc2nn(-c3ccccc3)c(N)c2C#N)n1. The van der Waals surface area contributed by atoms with E-state index in [1.54, 1.807) is 16.8 Å². The third-order valence-electron chi connectivity index (χ3n) is 3.87. The maximum absolute atomic E-state index is 9.41. The van der Waals surface area contributed by atoms with Gasteiger partial charge in [0.15, 0.2) is 0 Å². The molecule has 0 saturated carbocycles. The van der Waals surface area contributed by atoms with Gasteiger partial charge >= 0.3 is 0 Å². The van der Waals surface area contributed by atoms with E-state index in [9.17, 15) is 5.26 Å². The Hall–Kier alpha value is -3.84. The van der Waals surface area contributed by atoms with Crippen molar-refractivity contribution in [3.63, 3.8) is 0 Å². The lowest BCUT2D eigenvalue weighted by Gasteiger charge is -2.04. The van der Waals surface area contributed by atoms with Crippen LogP contribution in [0, 0.1) is 22.7 Å². The zero-order valence-electron chi connectivity index (χ0n) is 14.1. The summed E-state index contributed by atoms with van der Waals surface area (Å²) >= 11 is 0. The molecular weight excluding hydrogens is 326 g/mol. The Labute approximate surface area is 151 Å². The lowest BCUT2D eigenvalue weighted by Crippen LogP contribution is -2.06. The number of hydrogen-bond donors (Lipinski definition) is 2. The van der Waals surface area contributed by atoms with E-state index in [0.717, 1.165) is 12.1 Å². The fourth-order valence-corrected chi connectivity index (χ4v) is 2.61. The zero-order valence-corrected chi connectivity index (χ0v) is 14.1. The summed E-state index contributed by atoms with van der Waals surface area (Å²) in [6.45, 7) is 0.644. The Bertz CT molecular complexity index is 977. The van der Waals surface area contributed by atoms with Gasteiger partial charge in [-0.1, -0.05) is 24.3 Å². The van der Waals surface area contributed by atoms with Crippen LogP contribution in [0.25, 0.3) is 5.69 Å². The molecule has 0 radical (unpaired) electrons. The Kier molecular flexibility index (Phi) is 5.11. The molecule has 1 aromatic carbocycles. The Morgan fingerprint density at radius 1 is 1.04 bits per heavy atom. The number of rotatable bonds is 6. The molecule has 7 nitrogen and oxygen atoms in total. The summed E-state index contributed by atoms with van der Waals surface area (Å²) in [5.41, 5.74) is 8.38. The van der Waals surface area contributed by atoms with Gasteiger partial charge in [0, 0.05) is 6.54 Å². The normalized spacial score (nSPS) is 10.1. The quantitative estimate of drug-likeness (QED) is 0.665. The molecule has 0 spiro atoms. The van der Waals surface area contributed by atoms with Crippen LogP contribution in [0.4, 0.5) is 11.6 Å². The molecule has 0 fully saturated rings. The summed E-state index contributed by atoms with van der Waals surface area (Å²) in [6, 6.07) is 18.9. The molecule has 3 rings (SSSR count). The highest BCUT2D eigenvalue weighted by molar-refractivity contribution is 5.56. The van der Waals surface area contributed by atoms with E-state index < -0.39 is 0 Å². The highest BCUT2D eigenvalue weighted by atomic mass is 15.3. The highest BCUT2D eigenvalue weighted by Crippen LogP contribution is 2.21. The number of aromatic nitrogens is 3. The molecule has 26 heavy (non-hydrogen) atoms. The van der Waals surface area contributed by atoms with Crippen molar-refractivity contribution in [3.8, 4) is 17.8 Å². The van der Waals surface area contributed by atoms with Crippen LogP contribution >= 0.6 is 0 Å². The van der Waals surface area contributed by atoms with Gasteiger partial charge in [0.25, 0.3) is 0 Å². The fourth-order valence-electron chi connectivity index (χ4n) is 2.61. The molecule has 0 unspecified atom stereocenters. The number of aryl methyl sites for hydroxylation is 1. The maximum Gasteiger partial charge on any atom is 0.145 e. The molecule has 128 valence electrons. The minimum Gasteiger partial charge on any atom is -0.382 e. The highest BCUT2D eigenvalue weighted by Gasteiger charge is 2.16. The molecule has 0 aliphatic rings. The number of nitrogens with zero attached hydrogens (tertiary/aromatic N) is 5. The molecule has 3 aromatic rings. The first kappa shape index (κ1) is 17.0. The molecule has 0 aliphatic carbocycles. The van der Waals surface area contributed by atoms with E-state index in [4.69, 9.17) is 11.0 Å². The average Bonchev–Trinajstić information content (AvgIpc) is 3.01. The van der Waals surface area contributed by atoms with Crippen molar-refractivity contribution in [2.75, 3.05) is 17.6 Å². The molecule has 0 bridgehead atoms. The first-order valence-corrected chi connectivity index (χ1v) is 8.17. The van der Waals surface area contributed by atoms with E-state index in [2.05, 4.69) is 21.5 Å². The second-order valence-electron chi connectivity index (χ2n) is 5.62. The molecule has 3 N–H and O–H groups in total. The van der Waals surface area contributed by atoms with Crippen LogP contribution < -0.4 is 11.1 Å². The Balaban J connectivity index is 1.67. The summed E-state index contributed by atoms with van der Waals surface area (Å²) in [5.74, 6) is 1.00. The van der Waals surface area contributed by atoms with Crippen LogP contribution in [0.5, 0.6) is 0 Å². The summed E-state index contributed by atoms with van der Waals surface area (Å²) in [5, 5.41) is 26.0. The van der Waals surface area contributed by atoms with Crippen LogP contribution in [-0.4, -0.2) is 21.3 Å². The number of hydrogen-bond acceptors (Lipinski definition) is 6. The summed E-state index contributed by atoms with van der Waals surface area (Å²) in [4.78, 5) is 4.16. The number of pyridine rings is 1. The van der Waals surface area contributed by atoms with Crippen molar-refractivity contribution in [1.82, 2.24) is 14.8 Å². The summed E-state index contributed by atoms with van der Waals surface area (Å²) in [6.07, 6.45) is 1.36. The van der Waals surface area contributed by atoms with E-state index in [-0.39, 0.29) is 0 Å². The number of anilines is 2. The van der Waals surface area contributed by atoms with Crippen LogP contribution in [-0.2, 0) is 6.42 Å². The smallest absolute Gasteiger partial charge is 0.145 e. The second-order valence-corrected chi connectivity index (χ2v) is 5.62. The van der Waals surface area contributed by atoms with Crippen molar-refractivity contribution in [2.45, 2.75) is 12.8 Å². The van der Waals surface area contributed by atoms with Gasteiger partial charge < -0.3 is 11.1 Å². The monoisotopic (exact) mass is 343 g/mol. The Morgan fingerprint density at radius 3 is 2.58 bits per heavy atom. The van der Waals surface area contributed by atoms with Crippen molar-refractivity contribution < 1.29 is 0 Å². The molecule has 0 saturated heterocycles. The van der Waals surface area contributed by atoms with E-state index in [1.165, 1.54) is 0 Å². The summed E-state index contributed by atoms with van der Waals surface area (Å²) < 4.78 is 1.60. The second kappa shape index (κ2) is 7.82. The minimum absolute atomic E-state index is 0.352.